The Morgan fingerprint density at radius 3 is 2.44 bits per heavy atom. The summed E-state index contributed by atoms with van der Waals surface area (Å²) in [5, 5.41) is 9.40. The topological polar surface area (TPSA) is 54.4 Å². The average molecular weight is 250 g/mol. The molecule has 0 aliphatic heterocycles. The number of aliphatic hydroxyl groups is 1. The Labute approximate surface area is 92.6 Å². The highest BCUT2D eigenvalue weighted by Gasteiger charge is 2.13. The molecule has 0 spiro atoms. The maximum atomic E-state index is 12.8. The van der Waals surface area contributed by atoms with E-state index in [1.165, 1.54) is 6.07 Å². The standard InChI is InChI=1S/C10H12F2O3S/c1-16(14,15)6-8(13)4-7-2-3-9(11)10(12)5-7/h2-3,5,8,13H,4,6H2,1H3. The lowest BCUT2D eigenvalue weighted by Gasteiger charge is -2.09. The number of benzene rings is 1. The zero-order valence-electron chi connectivity index (χ0n) is 8.65. The second-order valence-corrected chi connectivity index (χ2v) is 5.88. The van der Waals surface area contributed by atoms with Crippen LogP contribution < -0.4 is 0 Å². The van der Waals surface area contributed by atoms with Crippen molar-refractivity contribution in [1.82, 2.24) is 0 Å². The molecular formula is C10H12F2O3S. The summed E-state index contributed by atoms with van der Waals surface area (Å²) in [7, 11) is -3.28. The molecule has 0 aromatic heterocycles. The third kappa shape index (κ3) is 4.24. The van der Waals surface area contributed by atoms with Gasteiger partial charge in [-0.1, -0.05) is 6.07 Å². The van der Waals surface area contributed by atoms with E-state index in [9.17, 15) is 22.3 Å². The molecule has 16 heavy (non-hydrogen) atoms. The second-order valence-electron chi connectivity index (χ2n) is 3.70. The van der Waals surface area contributed by atoms with Crippen LogP contribution in [0.4, 0.5) is 8.78 Å². The zero-order chi connectivity index (χ0) is 12.3. The third-order valence-corrected chi connectivity index (χ3v) is 2.94. The summed E-state index contributed by atoms with van der Waals surface area (Å²) < 4.78 is 47.1. The highest BCUT2D eigenvalue weighted by molar-refractivity contribution is 7.90. The van der Waals surface area contributed by atoms with Crippen molar-refractivity contribution in [3.8, 4) is 0 Å². The molecule has 0 saturated carbocycles. The summed E-state index contributed by atoms with van der Waals surface area (Å²) in [5.74, 6) is -2.38. The Bertz CT molecular complexity index is 471. The van der Waals surface area contributed by atoms with E-state index in [0.29, 0.717) is 5.56 Å². The van der Waals surface area contributed by atoms with Gasteiger partial charge in [0.15, 0.2) is 11.6 Å². The smallest absolute Gasteiger partial charge is 0.159 e. The SMILES string of the molecule is CS(=O)(=O)CC(O)Cc1ccc(F)c(F)c1. The fourth-order valence-electron chi connectivity index (χ4n) is 1.35. The summed E-state index contributed by atoms with van der Waals surface area (Å²) in [5.41, 5.74) is 0.357. The molecule has 0 heterocycles. The Hall–Kier alpha value is -1.01. The van der Waals surface area contributed by atoms with E-state index in [1.807, 2.05) is 0 Å². The third-order valence-electron chi connectivity index (χ3n) is 1.95. The molecule has 1 N–H and O–H groups in total. The molecule has 0 saturated heterocycles. The van der Waals surface area contributed by atoms with E-state index in [-0.39, 0.29) is 6.42 Å². The van der Waals surface area contributed by atoms with Crippen LogP contribution in [0.5, 0.6) is 0 Å². The van der Waals surface area contributed by atoms with Crippen LogP contribution in [0.25, 0.3) is 0 Å². The number of hydrogen-bond donors (Lipinski definition) is 1. The van der Waals surface area contributed by atoms with Gasteiger partial charge in [0.2, 0.25) is 0 Å². The number of halogens is 2. The fraction of sp³-hybridized carbons (Fsp3) is 0.400. The lowest BCUT2D eigenvalue weighted by Crippen LogP contribution is -2.22. The predicted octanol–water partition coefficient (Wildman–Crippen LogP) is 0.913. The van der Waals surface area contributed by atoms with Gasteiger partial charge in [-0.2, -0.15) is 0 Å². The second kappa shape index (κ2) is 4.88. The molecule has 0 radical (unpaired) electrons. The highest BCUT2D eigenvalue weighted by atomic mass is 32.2. The van der Waals surface area contributed by atoms with Gasteiger partial charge in [0.05, 0.1) is 11.9 Å². The molecule has 0 amide bonds. The van der Waals surface area contributed by atoms with Crippen LogP contribution in [0.15, 0.2) is 18.2 Å². The van der Waals surface area contributed by atoms with Gasteiger partial charge in [0.25, 0.3) is 0 Å². The Balaban J connectivity index is 2.70. The van der Waals surface area contributed by atoms with Crippen molar-refractivity contribution in [2.75, 3.05) is 12.0 Å². The number of aliphatic hydroxyl groups excluding tert-OH is 1. The normalized spacial score (nSPS) is 13.8. The molecule has 1 aromatic rings. The van der Waals surface area contributed by atoms with Crippen LogP contribution in [-0.4, -0.2) is 31.6 Å². The van der Waals surface area contributed by atoms with Crippen LogP contribution in [-0.2, 0) is 16.3 Å². The van der Waals surface area contributed by atoms with E-state index in [4.69, 9.17) is 0 Å². The summed E-state index contributed by atoms with van der Waals surface area (Å²) >= 11 is 0. The molecule has 3 nitrogen and oxygen atoms in total. The van der Waals surface area contributed by atoms with E-state index in [1.54, 1.807) is 0 Å². The van der Waals surface area contributed by atoms with Crippen molar-refractivity contribution in [2.24, 2.45) is 0 Å². The molecular weight excluding hydrogens is 238 g/mol. The van der Waals surface area contributed by atoms with Crippen LogP contribution in [0.2, 0.25) is 0 Å². The van der Waals surface area contributed by atoms with Crippen molar-refractivity contribution in [3.63, 3.8) is 0 Å². The van der Waals surface area contributed by atoms with E-state index in [0.717, 1.165) is 18.4 Å². The Morgan fingerprint density at radius 1 is 1.31 bits per heavy atom. The average Bonchev–Trinajstić information content (AvgIpc) is 2.08. The van der Waals surface area contributed by atoms with Gasteiger partial charge in [-0.05, 0) is 24.1 Å². The number of rotatable bonds is 4. The largest absolute Gasteiger partial charge is 0.392 e. The molecule has 0 bridgehead atoms. The molecule has 1 aromatic carbocycles. The maximum absolute atomic E-state index is 12.8. The number of sulfone groups is 1. The lowest BCUT2D eigenvalue weighted by atomic mass is 10.1. The van der Waals surface area contributed by atoms with Gasteiger partial charge in [0.1, 0.15) is 9.84 Å². The molecule has 6 heteroatoms. The summed E-state index contributed by atoms with van der Waals surface area (Å²) in [6.07, 6.45) is -0.133. The number of hydrogen-bond acceptors (Lipinski definition) is 3. The van der Waals surface area contributed by atoms with Gasteiger partial charge >= 0.3 is 0 Å². The molecule has 0 aliphatic carbocycles. The molecule has 1 atom stereocenters. The zero-order valence-corrected chi connectivity index (χ0v) is 9.47. The van der Waals surface area contributed by atoms with Crippen molar-refractivity contribution in [2.45, 2.75) is 12.5 Å². The first-order valence-corrected chi connectivity index (χ1v) is 6.64. The monoisotopic (exact) mass is 250 g/mol. The summed E-state index contributed by atoms with van der Waals surface area (Å²) in [4.78, 5) is 0. The predicted molar refractivity (Wildman–Crippen MR) is 55.8 cm³/mol. The minimum absolute atomic E-state index is 0.0235. The summed E-state index contributed by atoms with van der Waals surface area (Å²) in [6.45, 7) is 0. The minimum Gasteiger partial charge on any atom is -0.392 e. The quantitative estimate of drug-likeness (QED) is 0.864. The van der Waals surface area contributed by atoms with E-state index in [2.05, 4.69) is 0 Å². The molecule has 90 valence electrons. The molecule has 1 unspecified atom stereocenters. The minimum atomic E-state index is -3.28. The first-order chi connectivity index (χ1) is 7.28. The highest BCUT2D eigenvalue weighted by Crippen LogP contribution is 2.11. The van der Waals surface area contributed by atoms with Crippen LogP contribution >= 0.6 is 0 Å². The van der Waals surface area contributed by atoms with Gasteiger partial charge in [-0.15, -0.1) is 0 Å². The first kappa shape index (κ1) is 13.1. The van der Waals surface area contributed by atoms with Gasteiger partial charge in [-0.25, -0.2) is 17.2 Å². The van der Waals surface area contributed by atoms with Crippen LogP contribution in [0.1, 0.15) is 5.56 Å². The maximum Gasteiger partial charge on any atom is 0.159 e. The van der Waals surface area contributed by atoms with Crippen LogP contribution in [0.3, 0.4) is 0 Å². The molecule has 0 aliphatic rings. The Kier molecular flexibility index (Phi) is 3.98. The van der Waals surface area contributed by atoms with Crippen molar-refractivity contribution in [1.29, 1.82) is 0 Å². The van der Waals surface area contributed by atoms with E-state index >= 15 is 0 Å². The van der Waals surface area contributed by atoms with Crippen molar-refractivity contribution >= 4 is 9.84 Å². The van der Waals surface area contributed by atoms with Gasteiger partial charge in [0, 0.05) is 6.26 Å². The summed E-state index contributed by atoms with van der Waals surface area (Å²) in [6, 6.07) is 3.20. The fourth-order valence-corrected chi connectivity index (χ4v) is 2.16. The molecule has 0 fully saturated rings. The van der Waals surface area contributed by atoms with Crippen molar-refractivity contribution in [3.05, 3.63) is 35.4 Å². The first-order valence-electron chi connectivity index (χ1n) is 4.57. The Morgan fingerprint density at radius 2 is 1.94 bits per heavy atom. The lowest BCUT2D eigenvalue weighted by molar-refractivity contribution is 0.198. The molecule has 1 rings (SSSR count). The van der Waals surface area contributed by atoms with Crippen molar-refractivity contribution < 1.29 is 22.3 Å². The van der Waals surface area contributed by atoms with E-state index < -0.39 is 33.3 Å². The van der Waals surface area contributed by atoms with Crippen LogP contribution in [0, 0.1) is 11.6 Å². The van der Waals surface area contributed by atoms with Gasteiger partial charge < -0.3 is 5.11 Å². The van der Waals surface area contributed by atoms with Gasteiger partial charge in [-0.3, -0.25) is 0 Å².